The quantitative estimate of drug-likeness (QED) is 0.943. The SMILES string of the molecule is O=C(NC1CC(c2ccc(F)cc2)C1)c1cncnc1C1CC1. The van der Waals surface area contributed by atoms with Crippen molar-refractivity contribution in [2.24, 2.45) is 0 Å². The van der Waals surface area contributed by atoms with Crippen LogP contribution in [-0.2, 0) is 0 Å². The fraction of sp³-hybridized carbons (Fsp3) is 0.389. The average molecular weight is 311 g/mol. The normalized spacial score (nSPS) is 23.2. The third-order valence-electron chi connectivity index (χ3n) is 4.77. The fourth-order valence-electron chi connectivity index (χ4n) is 3.20. The van der Waals surface area contributed by atoms with Crippen LogP contribution >= 0.6 is 0 Å². The average Bonchev–Trinajstić information content (AvgIpc) is 3.36. The number of amides is 1. The van der Waals surface area contributed by atoms with Crippen molar-refractivity contribution in [3.63, 3.8) is 0 Å². The van der Waals surface area contributed by atoms with Gasteiger partial charge in [-0.3, -0.25) is 4.79 Å². The molecule has 0 unspecified atom stereocenters. The summed E-state index contributed by atoms with van der Waals surface area (Å²) in [5.74, 6) is 0.535. The summed E-state index contributed by atoms with van der Waals surface area (Å²) in [6.45, 7) is 0. The van der Waals surface area contributed by atoms with Gasteiger partial charge < -0.3 is 5.32 Å². The van der Waals surface area contributed by atoms with Crippen molar-refractivity contribution < 1.29 is 9.18 Å². The highest BCUT2D eigenvalue weighted by Gasteiger charge is 2.34. The zero-order chi connectivity index (χ0) is 15.8. The molecule has 1 N–H and O–H groups in total. The molecule has 0 atom stereocenters. The minimum atomic E-state index is -0.213. The van der Waals surface area contributed by atoms with Crippen molar-refractivity contribution >= 4 is 5.91 Å². The number of rotatable bonds is 4. The largest absolute Gasteiger partial charge is 0.349 e. The topological polar surface area (TPSA) is 54.9 Å². The molecule has 0 spiro atoms. The van der Waals surface area contributed by atoms with E-state index in [1.165, 1.54) is 18.5 Å². The zero-order valence-electron chi connectivity index (χ0n) is 12.7. The monoisotopic (exact) mass is 311 g/mol. The predicted molar refractivity (Wildman–Crippen MR) is 83.6 cm³/mol. The number of nitrogens with zero attached hydrogens (tertiary/aromatic N) is 2. The Bertz CT molecular complexity index is 721. The third kappa shape index (κ3) is 2.96. The van der Waals surface area contributed by atoms with Gasteiger partial charge in [-0.05, 0) is 49.3 Å². The van der Waals surface area contributed by atoms with E-state index in [-0.39, 0.29) is 17.8 Å². The van der Waals surface area contributed by atoms with Gasteiger partial charge in [0.1, 0.15) is 12.1 Å². The van der Waals surface area contributed by atoms with Crippen molar-refractivity contribution in [1.82, 2.24) is 15.3 Å². The lowest BCUT2D eigenvalue weighted by atomic mass is 9.76. The smallest absolute Gasteiger partial charge is 0.254 e. The molecule has 2 fully saturated rings. The molecule has 5 heteroatoms. The summed E-state index contributed by atoms with van der Waals surface area (Å²) in [4.78, 5) is 20.7. The van der Waals surface area contributed by atoms with Gasteiger partial charge in [0.05, 0.1) is 11.3 Å². The molecule has 0 radical (unpaired) electrons. The van der Waals surface area contributed by atoms with E-state index in [4.69, 9.17) is 0 Å². The first-order valence-corrected chi connectivity index (χ1v) is 8.07. The van der Waals surface area contributed by atoms with E-state index in [0.717, 1.165) is 36.9 Å². The Morgan fingerprint density at radius 1 is 1.13 bits per heavy atom. The molecular formula is C18H18FN3O. The van der Waals surface area contributed by atoms with E-state index in [2.05, 4.69) is 15.3 Å². The highest BCUT2D eigenvalue weighted by Crippen LogP contribution is 2.41. The van der Waals surface area contributed by atoms with Crippen molar-refractivity contribution in [3.8, 4) is 0 Å². The number of aromatic nitrogens is 2. The molecule has 0 aliphatic heterocycles. The molecule has 0 bridgehead atoms. The molecule has 1 aromatic heterocycles. The second kappa shape index (κ2) is 5.72. The third-order valence-corrected chi connectivity index (χ3v) is 4.77. The standard InChI is InChI=1S/C18H18FN3O/c19-14-5-3-11(4-6-14)13-7-15(8-13)22-18(23)16-9-20-10-21-17(16)12-1-2-12/h3-6,9-10,12-13,15H,1-2,7-8H2,(H,22,23). The first-order valence-electron chi connectivity index (χ1n) is 8.07. The van der Waals surface area contributed by atoms with Crippen molar-refractivity contribution in [2.45, 2.75) is 43.6 Å². The Kier molecular flexibility index (Phi) is 3.56. The zero-order valence-corrected chi connectivity index (χ0v) is 12.7. The van der Waals surface area contributed by atoms with E-state index in [1.807, 2.05) is 12.1 Å². The molecule has 0 saturated heterocycles. The lowest BCUT2D eigenvalue weighted by Gasteiger charge is -2.36. The number of nitrogens with one attached hydrogen (secondary N) is 1. The van der Waals surface area contributed by atoms with Gasteiger partial charge >= 0.3 is 0 Å². The Balaban J connectivity index is 1.37. The van der Waals surface area contributed by atoms with Gasteiger partial charge in [0, 0.05) is 18.2 Å². The van der Waals surface area contributed by atoms with Crippen molar-refractivity contribution in [1.29, 1.82) is 0 Å². The van der Waals surface area contributed by atoms with Crippen LogP contribution in [0, 0.1) is 5.82 Å². The van der Waals surface area contributed by atoms with Crippen LogP contribution in [0.4, 0.5) is 4.39 Å². The minimum absolute atomic E-state index is 0.0740. The maximum atomic E-state index is 12.9. The molecule has 2 saturated carbocycles. The first-order chi connectivity index (χ1) is 11.2. The second-order valence-corrected chi connectivity index (χ2v) is 6.49. The van der Waals surface area contributed by atoms with Gasteiger partial charge in [0.2, 0.25) is 0 Å². The molecular weight excluding hydrogens is 293 g/mol. The summed E-state index contributed by atoms with van der Waals surface area (Å²) in [5, 5.41) is 3.07. The summed E-state index contributed by atoms with van der Waals surface area (Å²) in [6.07, 6.45) is 7.12. The van der Waals surface area contributed by atoms with Gasteiger partial charge in [-0.15, -0.1) is 0 Å². The molecule has 1 heterocycles. The number of hydrogen-bond acceptors (Lipinski definition) is 3. The van der Waals surface area contributed by atoms with Crippen LogP contribution < -0.4 is 5.32 Å². The molecule has 118 valence electrons. The van der Waals surface area contributed by atoms with Crippen LogP contribution in [0.1, 0.15) is 59.1 Å². The van der Waals surface area contributed by atoms with Crippen LogP contribution in [0.2, 0.25) is 0 Å². The molecule has 2 aliphatic carbocycles. The van der Waals surface area contributed by atoms with Crippen LogP contribution in [0.5, 0.6) is 0 Å². The van der Waals surface area contributed by atoms with Crippen LogP contribution in [0.25, 0.3) is 0 Å². The summed E-state index contributed by atoms with van der Waals surface area (Å²) >= 11 is 0. The number of hydrogen-bond donors (Lipinski definition) is 1. The van der Waals surface area contributed by atoms with Gasteiger partial charge in [-0.2, -0.15) is 0 Å². The second-order valence-electron chi connectivity index (χ2n) is 6.49. The van der Waals surface area contributed by atoms with E-state index in [0.29, 0.717) is 17.4 Å². The Morgan fingerprint density at radius 3 is 2.57 bits per heavy atom. The summed E-state index contributed by atoms with van der Waals surface area (Å²) in [6, 6.07) is 6.81. The molecule has 2 aromatic rings. The summed E-state index contributed by atoms with van der Waals surface area (Å²) in [5.41, 5.74) is 2.63. The molecule has 4 nitrogen and oxygen atoms in total. The highest BCUT2D eigenvalue weighted by molar-refractivity contribution is 5.95. The summed E-state index contributed by atoms with van der Waals surface area (Å²) in [7, 11) is 0. The Labute approximate surface area is 134 Å². The number of benzene rings is 1. The lowest BCUT2D eigenvalue weighted by molar-refractivity contribution is 0.0907. The molecule has 1 amide bonds. The predicted octanol–water partition coefficient (Wildman–Crippen LogP) is 3.17. The number of carbonyl (C=O) groups excluding carboxylic acids is 1. The lowest BCUT2D eigenvalue weighted by Crippen LogP contribution is -2.43. The molecule has 23 heavy (non-hydrogen) atoms. The van der Waals surface area contributed by atoms with Crippen molar-refractivity contribution in [3.05, 3.63) is 59.4 Å². The van der Waals surface area contributed by atoms with Gasteiger partial charge in [0.15, 0.2) is 0 Å². The van der Waals surface area contributed by atoms with Gasteiger partial charge in [-0.1, -0.05) is 12.1 Å². The van der Waals surface area contributed by atoms with Gasteiger partial charge in [0.25, 0.3) is 5.91 Å². The molecule has 1 aromatic carbocycles. The fourth-order valence-corrected chi connectivity index (χ4v) is 3.20. The molecule has 2 aliphatic rings. The van der Waals surface area contributed by atoms with Crippen LogP contribution in [0.3, 0.4) is 0 Å². The minimum Gasteiger partial charge on any atom is -0.349 e. The van der Waals surface area contributed by atoms with E-state index < -0.39 is 0 Å². The van der Waals surface area contributed by atoms with E-state index >= 15 is 0 Å². The van der Waals surface area contributed by atoms with E-state index in [9.17, 15) is 9.18 Å². The Hall–Kier alpha value is -2.30. The van der Waals surface area contributed by atoms with Crippen molar-refractivity contribution in [2.75, 3.05) is 0 Å². The molecule has 4 rings (SSSR count). The van der Waals surface area contributed by atoms with Gasteiger partial charge in [-0.25, -0.2) is 14.4 Å². The van der Waals surface area contributed by atoms with E-state index in [1.54, 1.807) is 6.20 Å². The van der Waals surface area contributed by atoms with Crippen LogP contribution in [-0.4, -0.2) is 21.9 Å². The number of carbonyl (C=O) groups is 1. The maximum absolute atomic E-state index is 12.9. The Morgan fingerprint density at radius 2 is 1.87 bits per heavy atom. The first kappa shape index (κ1) is 14.3. The highest BCUT2D eigenvalue weighted by atomic mass is 19.1. The maximum Gasteiger partial charge on any atom is 0.254 e. The summed E-state index contributed by atoms with van der Waals surface area (Å²) < 4.78 is 12.9. The number of halogens is 1. The van der Waals surface area contributed by atoms with Crippen LogP contribution in [0.15, 0.2) is 36.8 Å².